The molecule has 2 aromatic heterocycles. The van der Waals surface area contributed by atoms with E-state index in [0.717, 1.165) is 17.1 Å². The Morgan fingerprint density at radius 1 is 1.21 bits per heavy atom. The monoisotopic (exact) mass is 341 g/mol. The van der Waals surface area contributed by atoms with Crippen LogP contribution in [-0.4, -0.2) is 31.7 Å². The second-order valence-electron chi connectivity index (χ2n) is 5.60. The molecule has 124 valence electrons. The lowest BCUT2D eigenvalue weighted by Crippen LogP contribution is -2.24. The first-order valence-electron chi connectivity index (χ1n) is 7.63. The van der Waals surface area contributed by atoms with Gasteiger partial charge in [-0.25, -0.2) is 4.98 Å². The molecule has 0 unspecified atom stereocenters. The maximum Gasteiger partial charge on any atom is 0.255 e. The lowest BCUT2D eigenvalue weighted by molar-refractivity contribution is 0.0949. The molecule has 0 radical (unpaired) electrons. The number of aromatic nitrogens is 4. The van der Waals surface area contributed by atoms with E-state index in [4.69, 9.17) is 0 Å². The molecule has 0 aliphatic heterocycles. The van der Waals surface area contributed by atoms with Crippen molar-refractivity contribution in [1.29, 1.82) is 0 Å². The highest BCUT2D eigenvalue weighted by Gasteiger charge is 2.11. The molecule has 1 N–H and O–H groups in total. The summed E-state index contributed by atoms with van der Waals surface area (Å²) < 4.78 is 1.86. The van der Waals surface area contributed by atoms with Crippen molar-refractivity contribution in [1.82, 2.24) is 24.9 Å². The van der Waals surface area contributed by atoms with Gasteiger partial charge in [0.1, 0.15) is 0 Å². The molecule has 0 saturated heterocycles. The number of thioether (sulfide) groups is 1. The fourth-order valence-electron chi connectivity index (χ4n) is 2.59. The molecular weight excluding hydrogens is 322 g/mol. The summed E-state index contributed by atoms with van der Waals surface area (Å²) in [6.45, 7) is 4.20. The van der Waals surface area contributed by atoms with Crippen molar-refractivity contribution in [3.63, 3.8) is 0 Å². The fourth-order valence-corrected chi connectivity index (χ4v) is 3.12. The molecule has 1 amide bonds. The van der Waals surface area contributed by atoms with Gasteiger partial charge >= 0.3 is 0 Å². The standard InChI is InChI=1S/C17H19N5OS/c1-11-8-12(2)22-15(20-21-17(22)19-11)9-18-16(23)14-6-4-13(5-7-14)10-24-3/h4-8H,9-10H2,1-3H3,(H,18,23). The summed E-state index contributed by atoms with van der Waals surface area (Å²) in [5, 5.41) is 11.1. The highest BCUT2D eigenvalue weighted by molar-refractivity contribution is 7.97. The highest BCUT2D eigenvalue weighted by Crippen LogP contribution is 2.11. The normalized spacial score (nSPS) is 11.0. The summed E-state index contributed by atoms with van der Waals surface area (Å²) >= 11 is 1.76. The predicted molar refractivity (Wildman–Crippen MR) is 95.1 cm³/mol. The third-order valence-corrected chi connectivity index (χ3v) is 4.32. The molecule has 0 spiro atoms. The van der Waals surface area contributed by atoms with E-state index in [2.05, 4.69) is 26.8 Å². The maximum absolute atomic E-state index is 12.3. The molecule has 6 nitrogen and oxygen atoms in total. The van der Waals surface area contributed by atoms with Crippen molar-refractivity contribution >= 4 is 23.4 Å². The van der Waals surface area contributed by atoms with Crippen LogP contribution in [0.1, 0.15) is 33.1 Å². The van der Waals surface area contributed by atoms with Crippen molar-refractivity contribution < 1.29 is 4.79 Å². The van der Waals surface area contributed by atoms with E-state index in [9.17, 15) is 4.79 Å². The smallest absolute Gasteiger partial charge is 0.255 e. The van der Waals surface area contributed by atoms with Crippen LogP contribution in [0, 0.1) is 13.8 Å². The number of carbonyl (C=O) groups excluding carboxylic acids is 1. The third kappa shape index (κ3) is 3.41. The van der Waals surface area contributed by atoms with Crippen LogP contribution >= 0.6 is 11.8 Å². The Morgan fingerprint density at radius 2 is 1.96 bits per heavy atom. The van der Waals surface area contributed by atoms with Gasteiger partial charge in [-0.3, -0.25) is 9.20 Å². The number of nitrogens with one attached hydrogen (secondary N) is 1. The number of amides is 1. The Kier molecular flexibility index (Phi) is 4.80. The van der Waals surface area contributed by atoms with Gasteiger partial charge in [-0.2, -0.15) is 11.8 Å². The van der Waals surface area contributed by atoms with Crippen LogP contribution in [-0.2, 0) is 12.3 Å². The quantitative estimate of drug-likeness (QED) is 0.772. The van der Waals surface area contributed by atoms with Crippen LogP contribution in [0.5, 0.6) is 0 Å². The Bertz CT molecular complexity index is 873. The zero-order valence-corrected chi connectivity index (χ0v) is 14.7. The van der Waals surface area contributed by atoms with Gasteiger partial charge < -0.3 is 5.32 Å². The molecule has 1 aromatic carbocycles. The molecule has 0 aliphatic carbocycles. The summed E-state index contributed by atoms with van der Waals surface area (Å²) in [6.07, 6.45) is 2.06. The summed E-state index contributed by atoms with van der Waals surface area (Å²) in [7, 11) is 0. The van der Waals surface area contributed by atoms with E-state index in [1.165, 1.54) is 5.56 Å². The van der Waals surface area contributed by atoms with E-state index in [1.54, 1.807) is 11.8 Å². The first-order valence-corrected chi connectivity index (χ1v) is 9.02. The molecule has 0 aliphatic rings. The van der Waals surface area contributed by atoms with E-state index in [-0.39, 0.29) is 5.91 Å². The Morgan fingerprint density at radius 3 is 2.67 bits per heavy atom. The van der Waals surface area contributed by atoms with Crippen LogP contribution in [0.4, 0.5) is 0 Å². The van der Waals surface area contributed by atoms with Crippen LogP contribution in [0.25, 0.3) is 5.78 Å². The number of hydrogen-bond donors (Lipinski definition) is 1. The van der Waals surface area contributed by atoms with Crippen molar-refractivity contribution in [3.8, 4) is 0 Å². The topological polar surface area (TPSA) is 72.2 Å². The minimum atomic E-state index is -0.125. The molecule has 0 saturated carbocycles. The molecule has 3 rings (SSSR count). The molecule has 3 aromatic rings. The van der Waals surface area contributed by atoms with Gasteiger partial charge in [-0.05, 0) is 43.9 Å². The van der Waals surface area contributed by atoms with Crippen molar-refractivity contribution in [3.05, 3.63) is 58.7 Å². The third-order valence-electron chi connectivity index (χ3n) is 3.69. The first kappa shape index (κ1) is 16.4. The van der Waals surface area contributed by atoms with Gasteiger partial charge in [0.2, 0.25) is 0 Å². The van der Waals surface area contributed by atoms with E-state index in [0.29, 0.717) is 23.7 Å². The van der Waals surface area contributed by atoms with Gasteiger partial charge in [0, 0.05) is 22.7 Å². The minimum absolute atomic E-state index is 0.125. The summed E-state index contributed by atoms with van der Waals surface area (Å²) in [5.74, 6) is 2.04. The average Bonchev–Trinajstić information content (AvgIpc) is 2.96. The van der Waals surface area contributed by atoms with Gasteiger partial charge in [-0.1, -0.05) is 12.1 Å². The molecule has 0 fully saturated rings. The highest BCUT2D eigenvalue weighted by atomic mass is 32.2. The largest absolute Gasteiger partial charge is 0.345 e. The minimum Gasteiger partial charge on any atom is -0.345 e. The van der Waals surface area contributed by atoms with Gasteiger partial charge in [0.05, 0.1) is 6.54 Å². The predicted octanol–water partition coefficient (Wildman–Crippen LogP) is 2.53. The number of nitrogens with zero attached hydrogens (tertiary/aromatic N) is 4. The number of hydrogen-bond acceptors (Lipinski definition) is 5. The van der Waals surface area contributed by atoms with Crippen LogP contribution in [0.3, 0.4) is 0 Å². The molecular formula is C17H19N5OS. The molecule has 2 heterocycles. The van der Waals surface area contributed by atoms with E-state index < -0.39 is 0 Å². The van der Waals surface area contributed by atoms with Gasteiger partial charge in [0.15, 0.2) is 5.82 Å². The fraction of sp³-hybridized carbons (Fsp3) is 0.294. The zero-order chi connectivity index (χ0) is 17.1. The van der Waals surface area contributed by atoms with Crippen LogP contribution < -0.4 is 5.32 Å². The lowest BCUT2D eigenvalue weighted by Gasteiger charge is -2.07. The lowest BCUT2D eigenvalue weighted by atomic mass is 10.1. The second-order valence-corrected chi connectivity index (χ2v) is 6.47. The Labute approximate surface area is 144 Å². The van der Waals surface area contributed by atoms with Crippen molar-refractivity contribution in [2.75, 3.05) is 6.26 Å². The van der Waals surface area contributed by atoms with Gasteiger partial charge in [0.25, 0.3) is 11.7 Å². The molecule has 7 heteroatoms. The molecule has 24 heavy (non-hydrogen) atoms. The summed E-state index contributed by atoms with van der Waals surface area (Å²) in [5.41, 5.74) is 3.74. The van der Waals surface area contributed by atoms with Crippen molar-refractivity contribution in [2.45, 2.75) is 26.1 Å². The van der Waals surface area contributed by atoms with E-state index >= 15 is 0 Å². The number of rotatable bonds is 5. The Balaban J connectivity index is 1.72. The number of benzene rings is 1. The maximum atomic E-state index is 12.3. The van der Waals surface area contributed by atoms with Gasteiger partial charge in [-0.15, -0.1) is 10.2 Å². The summed E-state index contributed by atoms with van der Waals surface area (Å²) in [6, 6.07) is 9.62. The van der Waals surface area contributed by atoms with Crippen LogP contribution in [0.15, 0.2) is 30.3 Å². The molecule has 0 bridgehead atoms. The first-order chi connectivity index (χ1) is 11.6. The number of aryl methyl sites for hydroxylation is 2. The van der Waals surface area contributed by atoms with Crippen molar-refractivity contribution in [2.24, 2.45) is 0 Å². The van der Waals surface area contributed by atoms with E-state index in [1.807, 2.05) is 48.6 Å². The van der Waals surface area contributed by atoms with Crippen LogP contribution in [0.2, 0.25) is 0 Å². The second kappa shape index (κ2) is 7.00. The number of carbonyl (C=O) groups is 1. The SMILES string of the molecule is CSCc1ccc(C(=O)NCc2nnc3nc(C)cc(C)n23)cc1. The average molecular weight is 341 g/mol. The number of fused-ring (bicyclic) bond motifs is 1. The molecule has 0 atom stereocenters. The zero-order valence-electron chi connectivity index (χ0n) is 13.9. The Hall–Kier alpha value is -2.41. The summed E-state index contributed by atoms with van der Waals surface area (Å²) in [4.78, 5) is 16.6.